The van der Waals surface area contributed by atoms with Gasteiger partial charge in [0.15, 0.2) is 0 Å². The molecule has 1 aromatic rings. The van der Waals surface area contributed by atoms with Gasteiger partial charge >= 0.3 is 0 Å². The lowest BCUT2D eigenvalue weighted by Crippen LogP contribution is -2.12. The molecule has 1 N–H and O–H groups in total. The molecular formula is C15H24O. The van der Waals surface area contributed by atoms with Crippen molar-refractivity contribution in [1.29, 1.82) is 0 Å². The molecule has 0 fully saturated rings. The first-order valence-corrected chi connectivity index (χ1v) is 6.21. The summed E-state index contributed by atoms with van der Waals surface area (Å²) in [6.07, 6.45) is 2.52. The number of rotatable bonds is 4. The number of hydrogen-bond acceptors (Lipinski definition) is 1. The van der Waals surface area contributed by atoms with Crippen LogP contribution in [0.1, 0.15) is 51.7 Å². The van der Waals surface area contributed by atoms with E-state index in [4.69, 9.17) is 0 Å². The van der Waals surface area contributed by atoms with Gasteiger partial charge in [0.1, 0.15) is 0 Å². The molecule has 0 bridgehead atoms. The van der Waals surface area contributed by atoms with Crippen LogP contribution >= 0.6 is 0 Å². The van der Waals surface area contributed by atoms with Gasteiger partial charge in [0.2, 0.25) is 0 Å². The summed E-state index contributed by atoms with van der Waals surface area (Å²) in [5.74, 6) is 0. The molecule has 0 spiro atoms. The van der Waals surface area contributed by atoms with Gasteiger partial charge in [-0.3, -0.25) is 0 Å². The Hall–Kier alpha value is -0.820. The maximum Gasteiger partial charge on any atom is 0.0580 e. The molecule has 1 unspecified atom stereocenters. The van der Waals surface area contributed by atoms with Crippen LogP contribution in [0.4, 0.5) is 0 Å². The van der Waals surface area contributed by atoms with E-state index in [2.05, 4.69) is 52.0 Å². The van der Waals surface area contributed by atoms with Crippen LogP contribution in [0, 0.1) is 0 Å². The lowest BCUT2D eigenvalue weighted by Gasteiger charge is -2.19. The molecule has 1 atom stereocenters. The Balaban J connectivity index is 2.65. The molecule has 0 amide bonds. The normalized spacial score (nSPS) is 13.8. The highest BCUT2D eigenvalue weighted by Crippen LogP contribution is 2.22. The first-order valence-electron chi connectivity index (χ1n) is 6.21. The van der Waals surface area contributed by atoms with Gasteiger partial charge in [0.05, 0.1) is 6.10 Å². The van der Waals surface area contributed by atoms with Crippen molar-refractivity contribution in [1.82, 2.24) is 0 Å². The van der Waals surface area contributed by atoms with Gasteiger partial charge in [-0.05, 0) is 29.4 Å². The van der Waals surface area contributed by atoms with E-state index in [1.54, 1.807) is 0 Å². The predicted octanol–water partition coefficient (Wildman–Crippen LogP) is 3.69. The molecule has 0 aromatic heterocycles. The fraction of sp³-hybridized carbons (Fsp3) is 0.600. The van der Waals surface area contributed by atoms with E-state index in [0.717, 1.165) is 19.3 Å². The molecule has 0 heterocycles. The van der Waals surface area contributed by atoms with E-state index >= 15 is 0 Å². The summed E-state index contributed by atoms with van der Waals surface area (Å²) in [7, 11) is 0. The zero-order chi connectivity index (χ0) is 12.2. The van der Waals surface area contributed by atoms with Crippen LogP contribution in [-0.4, -0.2) is 11.2 Å². The van der Waals surface area contributed by atoms with Crippen molar-refractivity contribution in [3.8, 4) is 0 Å². The van der Waals surface area contributed by atoms with Crippen LogP contribution in [0.15, 0.2) is 24.3 Å². The van der Waals surface area contributed by atoms with Crippen molar-refractivity contribution in [2.75, 3.05) is 0 Å². The highest BCUT2D eigenvalue weighted by molar-refractivity contribution is 5.27. The number of aliphatic hydroxyl groups excluding tert-OH is 1. The second kappa shape index (κ2) is 5.49. The van der Waals surface area contributed by atoms with Gasteiger partial charge in [0, 0.05) is 0 Å². The molecule has 1 aromatic carbocycles. The summed E-state index contributed by atoms with van der Waals surface area (Å²) in [4.78, 5) is 0. The van der Waals surface area contributed by atoms with Crippen molar-refractivity contribution in [3.63, 3.8) is 0 Å². The Morgan fingerprint density at radius 3 is 2.12 bits per heavy atom. The monoisotopic (exact) mass is 220 g/mol. The average molecular weight is 220 g/mol. The molecule has 0 aliphatic carbocycles. The van der Waals surface area contributed by atoms with Crippen LogP contribution in [0.5, 0.6) is 0 Å². The molecule has 1 rings (SSSR count). The minimum atomic E-state index is -0.189. The lowest BCUT2D eigenvalue weighted by atomic mass is 9.86. The third-order valence-corrected chi connectivity index (χ3v) is 2.91. The third kappa shape index (κ3) is 3.97. The Bertz CT molecular complexity index is 305. The van der Waals surface area contributed by atoms with Gasteiger partial charge in [-0.2, -0.15) is 0 Å². The molecule has 0 saturated heterocycles. The molecule has 90 valence electrons. The minimum absolute atomic E-state index is 0.189. The van der Waals surface area contributed by atoms with Crippen molar-refractivity contribution in [3.05, 3.63) is 35.4 Å². The largest absolute Gasteiger partial charge is 0.393 e. The first kappa shape index (κ1) is 13.2. The average Bonchev–Trinajstić information content (AvgIpc) is 2.17. The van der Waals surface area contributed by atoms with Crippen molar-refractivity contribution in [2.45, 2.75) is 58.5 Å². The van der Waals surface area contributed by atoms with Crippen molar-refractivity contribution < 1.29 is 5.11 Å². The molecule has 0 saturated carbocycles. The maximum atomic E-state index is 9.73. The van der Waals surface area contributed by atoms with E-state index in [1.165, 1.54) is 11.1 Å². The topological polar surface area (TPSA) is 20.2 Å². The molecule has 1 heteroatoms. The van der Waals surface area contributed by atoms with E-state index in [1.807, 2.05) is 0 Å². The lowest BCUT2D eigenvalue weighted by molar-refractivity contribution is 0.164. The zero-order valence-electron chi connectivity index (χ0n) is 11.0. The molecule has 0 aliphatic rings. The van der Waals surface area contributed by atoms with E-state index < -0.39 is 0 Å². The quantitative estimate of drug-likeness (QED) is 0.820. The molecule has 1 nitrogen and oxygen atoms in total. The first-order chi connectivity index (χ1) is 7.43. The Morgan fingerprint density at radius 1 is 1.12 bits per heavy atom. The third-order valence-electron chi connectivity index (χ3n) is 2.91. The van der Waals surface area contributed by atoms with E-state index in [0.29, 0.717) is 0 Å². The summed E-state index contributed by atoms with van der Waals surface area (Å²) < 4.78 is 0. The fourth-order valence-corrected chi connectivity index (χ4v) is 1.85. The highest BCUT2D eigenvalue weighted by Gasteiger charge is 2.13. The van der Waals surface area contributed by atoms with E-state index in [-0.39, 0.29) is 11.5 Å². The second-order valence-electron chi connectivity index (χ2n) is 5.59. The summed E-state index contributed by atoms with van der Waals surface area (Å²) in [5, 5.41) is 9.73. The standard InChI is InChI=1S/C15H24O/c1-5-6-14(16)11-12-7-9-13(10-8-12)15(2,3)4/h7-10,14,16H,5-6,11H2,1-4H3. The zero-order valence-corrected chi connectivity index (χ0v) is 11.0. The van der Waals surface area contributed by atoms with Gasteiger partial charge in [-0.1, -0.05) is 58.4 Å². The van der Waals surface area contributed by atoms with Crippen molar-refractivity contribution in [2.24, 2.45) is 0 Å². The molecule has 16 heavy (non-hydrogen) atoms. The molecule has 0 radical (unpaired) electrons. The van der Waals surface area contributed by atoms with Gasteiger partial charge in [-0.15, -0.1) is 0 Å². The van der Waals surface area contributed by atoms with Gasteiger partial charge < -0.3 is 5.11 Å². The van der Waals surface area contributed by atoms with Crippen molar-refractivity contribution >= 4 is 0 Å². The highest BCUT2D eigenvalue weighted by atomic mass is 16.3. The van der Waals surface area contributed by atoms with Crippen LogP contribution in [0.3, 0.4) is 0 Å². The number of hydrogen-bond donors (Lipinski definition) is 1. The Labute approximate surface area is 99.5 Å². The Kier molecular flexibility index (Phi) is 4.55. The predicted molar refractivity (Wildman–Crippen MR) is 69.8 cm³/mol. The minimum Gasteiger partial charge on any atom is -0.393 e. The summed E-state index contributed by atoms with van der Waals surface area (Å²) in [5.41, 5.74) is 2.79. The van der Waals surface area contributed by atoms with Crippen LogP contribution in [0.25, 0.3) is 0 Å². The summed E-state index contributed by atoms with van der Waals surface area (Å²) >= 11 is 0. The smallest absolute Gasteiger partial charge is 0.0580 e. The van der Waals surface area contributed by atoms with Crippen LogP contribution in [0.2, 0.25) is 0 Å². The Morgan fingerprint density at radius 2 is 1.69 bits per heavy atom. The van der Waals surface area contributed by atoms with Crippen LogP contribution in [-0.2, 0) is 11.8 Å². The summed E-state index contributed by atoms with van der Waals surface area (Å²) in [6, 6.07) is 8.63. The molecule has 0 aliphatic heterocycles. The summed E-state index contributed by atoms with van der Waals surface area (Å²) in [6.45, 7) is 8.75. The van der Waals surface area contributed by atoms with Gasteiger partial charge in [0.25, 0.3) is 0 Å². The van der Waals surface area contributed by atoms with Crippen LogP contribution < -0.4 is 0 Å². The second-order valence-corrected chi connectivity index (χ2v) is 5.59. The number of aliphatic hydroxyl groups is 1. The fourth-order valence-electron chi connectivity index (χ4n) is 1.85. The molecular weight excluding hydrogens is 196 g/mol. The number of benzene rings is 1. The van der Waals surface area contributed by atoms with Gasteiger partial charge in [-0.25, -0.2) is 0 Å². The van der Waals surface area contributed by atoms with E-state index in [9.17, 15) is 5.11 Å². The SMILES string of the molecule is CCCC(O)Cc1ccc(C(C)(C)C)cc1. The maximum absolute atomic E-state index is 9.73.